The lowest BCUT2D eigenvalue weighted by atomic mass is 10.4. The second kappa shape index (κ2) is 4.57. The summed E-state index contributed by atoms with van der Waals surface area (Å²) in [4.78, 5) is 8.70. The van der Waals surface area contributed by atoms with Crippen LogP contribution in [0.3, 0.4) is 0 Å². The Morgan fingerprint density at radius 3 is 2.88 bits per heavy atom. The molecular formula is C11H13BrN4S. The van der Waals surface area contributed by atoms with Crippen LogP contribution < -0.4 is 0 Å². The van der Waals surface area contributed by atoms with Crippen molar-refractivity contribution in [2.45, 2.75) is 36.0 Å². The van der Waals surface area contributed by atoms with E-state index in [0.717, 1.165) is 20.7 Å². The van der Waals surface area contributed by atoms with E-state index in [0.29, 0.717) is 5.25 Å². The van der Waals surface area contributed by atoms with Crippen LogP contribution in [0.25, 0.3) is 11.0 Å². The lowest BCUT2D eigenvalue weighted by Gasteiger charge is -2.08. The Morgan fingerprint density at radius 1 is 1.35 bits per heavy atom. The van der Waals surface area contributed by atoms with Gasteiger partial charge in [0, 0.05) is 12.3 Å². The van der Waals surface area contributed by atoms with E-state index in [1.165, 1.54) is 25.7 Å². The predicted molar refractivity (Wildman–Crippen MR) is 72.1 cm³/mol. The summed E-state index contributed by atoms with van der Waals surface area (Å²) in [5, 5.41) is 7.16. The van der Waals surface area contributed by atoms with Crippen molar-refractivity contribution < 1.29 is 0 Å². The molecule has 0 saturated heterocycles. The van der Waals surface area contributed by atoms with Crippen molar-refractivity contribution >= 4 is 38.7 Å². The van der Waals surface area contributed by atoms with Crippen molar-refractivity contribution in [3.05, 3.63) is 10.9 Å². The van der Waals surface area contributed by atoms with Crippen molar-refractivity contribution in [3.8, 4) is 0 Å². The Morgan fingerprint density at radius 2 is 2.12 bits per heavy atom. The molecule has 2 heterocycles. The quantitative estimate of drug-likeness (QED) is 0.799. The molecule has 0 atom stereocenters. The fraction of sp³-hybridized carbons (Fsp3) is 0.545. The molecule has 1 saturated carbocycles. The fourth-order valence-corrected chi connectivity index (χ4v) is 4.30. The number of hydrogen-bond acceptors (Lipinski definition) is 4. The van der Waals surface area contributed by atoms with Gasteiger partial charge in [-0.3, -0.25) is 0 Å². The minimum atomic E-state index is 0.709. The molecule has 0 spiro atoms. The average Bonchev–Trinajstić information content (AvgIpc) is 2.90. The summed E-state index contributed by atoms with van der Waals surface area (Å²) in [5.74, 6) is 0. The molecule has 17 heavy (non-hydrogen) atoms. The normalized spacial score (nSPS) is 17.1. The van der Waals surface area contributed by atoms with Gasteiger partial charge in [0.2, 0.25) is 0 Å². The van der Waals surface area contributed by atoms with E-state index in [1.54, 1.807) is 11.0 Å². The van der Waals surface area contributed by atoms with E-state index in [-0.39, 0.29) is 0 Å². The monoisotopic (exact) mass is 312 g/mol. The SMILES string of the molecule is Cn1nc(Br)c2c(SC3CCCC3)ncnc21. The van der Waals surface area contributed by atoms with Crippen molar-refractivity contribution in [2.75, 3.05) is 0 Å². The first-order valence-electron chi connectivity index (χ1n) is 5.75. The van der Waals surface area contributed by atoms with Crippen LogP contribution in [0.15, 0.2) is 16.0 Å². The zero-order chi connectivity index (χ0) is 11.8. The van der Waals surface area contributed by atoms with Crippen molar-refractivity contribution in [1.82, 2.24) is 19.7 Å². The molecule has 4 nitrogen and oxygen atoms in total. The van der Waals surface area contributed by atoms with Crippen LogP contribution in [0, 0.1) is 0 Å². The number of thioether (sulfide) groups is 1. The van der Waals surface area contributed by atoms with Crippen molar-refractivity contribution in [3.63, 3.8) is 0 Å². The average molecular weight is 313 g/mol. The second-order valence-electron chi connectivity index (χ2n) is 4.32. The van der Waals surface area contributed by atoms with Crippen LogP contribution in [0.1, 0.15) is 25.7 Å². The zero-order valence-electron chi connectivity index (χ0n) is 9.56. The highest BCUT2D eigenvalue weighted by molar-refractivity contribution is 9.10. The molecule has 1 aliphatic rings. The summed E-state index contributed by atoms with van der Waals surface area (Å²) >= 11 is 5.37. The highest BCUT2D eigenvalue weighted by Crippen LogP contribution is 2.38. The van der Waals surface area contributed by atoms with Crippen LogP contribution in [-0.4, -0.2) is 25.0 Å². The van der Waals surface area contributed by atoms with E-state index in [9.17, 15) is 0 Å². The third-order valence-electron chi connectivity index (χ3n) is 3.12. The number of rotatable bonds is 2. The number of aromatic nitrogens is 4. The molecule has 1 aliphatic carbocycles. The number of hydrogen-bond donors (Lipinski definition) is 0. The van der Waals surface area contributed by atoms with Gasteiger partial charge in [0.25, 0.3) is 0 Å². The topological polar surface area (TPSA) is 43.6 Å². The Balaban J connectivity index is 2.03. The third kappa shape index (κ3) is 2.08. The Labute approximate surface area is 112 Å². The lowest BCUT2D eigenvalue weighted by molar-refractivity contribution is 0.777. The molecule has 0 aromatic carbocycles. The summed E-state index contributed by atoms with van der Waals surface area (Å²) in [6, 6.07) is 0. The van der Waals surface area contributed by atoms with Crippen LogP contribution >= 0.6 is 27.7 Å². The Kier molecular flexibility index (Phi) is 3.08. The van der Waals surface area contributed by atoms with E-state index in [4.69, 9.17) is 0 Å². The molecule has 0 N–H and O–H groups in total. The summed E-state index contributed by atoms with van der Waals surface area (Å²) in [6.07, 6.45) is 6.93. The minimum absolute atomic E-state index is 0.709. The largest absolute Gasteiger partial charge is 0.249 e. The zero-order valence-corrected chi connectivity index (χ0v) is 12.0. The van der Waals surface area contributed by atoms with Crippen molar-refractivity contribution in [2.24, 2.45) is 7.05 Å². The first kappa shape index (κ1) is 11.5. The van der Waals surface area contributed by atoms with Gasteiger partial charge >= 0.3 is 0 Å². The summed E-state index contributed by atoms with van der Waals surface area (Å²) in [7, 11) is 1.91. The van der Waals surface area contributed by atoms with Gasteiger partial charge in [-0.25, -0.2) is 14.6 Å². The van der Waals surface area contributed by atoms with Gasteiger partial charge < -0.3 is 0 Å². The smallest absolute Gasteiger partial charge is 0.163 e. The van der Waals surface area contributed by atoms with Gasteiger partial charge in [-0.15, -0.1) is 11.8 Å². The molecule has 2 aromatic heterocycles. The van der Waals surface area contributed by atoms with Gasteiger partial charge in [-0.2, -0.15) is 5.10 Å². The predicted octanol–water partition coefficient (Wildman–Crippen LogP) is 3.16. The van der Waals surface area contributed by atoms with Gasteiger partial charge in [-0.05, 0) is 28.8 Å². The van der Waals surface area contributed by atoms with E-state index >= 15 is 0 Å². The molecule has 6 heteroatoms. The molecule has 0 bridgehead atoms. The number of fused-ring (bicyclic) bond motifs is 1. The van der Waals surface area contributed by atoms with Crippen molar-refractivity contribution in [1.29, 1.82) is 0 Å². The van der Waals surface area contributed by atoms with Crippen LogP contribution in [0.2, 0.25) is 0 Å². The Hall–Kier alpha value is -0.620. The molecule has 2 aromatic rings. The van der Waals surface area contributed by atoms with E-state index in [1.807, 2.05) is 18.8 Å². The highest BCUT2D eigenvalue weighted by atomic mass is 79.9. The third-order valence-corrected chi connectivity index (χ3v) is 5.02. The number of aryl methyl sites for hydroxylation is 1. The second-order valence-corrected chi connectivity index (χ2v) is 6.36. The van der Waals surface area contributed by atoms with E-state index in [2.05, 4.69) is 31.0 Å². The molecule has 1 fully saturated rings. The maximum absolute atomic E-state index is 4.41. The van der Waals surface area contributed by atoms with Gasteiger partial charge in [0.05, 0.1) is 5.39 Å². The molecule has 0 radical (unpaired) electrons. The molecular weight excluding hydrogens is 300 g/mol. The molecule has 0 amide bonds. The molecule has 0 unspecified atom stereocenters. The molecule has 90 valence electrons. The Bertz CT molecular complexity index is 548. The first-order chi connectivity index (χ1) is 8.25. The standard InChI is InChI=1S/C11H13BrN4S/c1-16-10-8(9(12)15-16)11(14-6-13-10)17-7-4-2-3-5-7/h6-7H,2-5H2,1H3. The maximum Gasteiger partial charge on any atom is 0.163 e. The maximum atomic E-state index is 4.41. The van der Waals surface area contributed by atoms with Gasteiger partial charge in [0.1, 0.15) is 16.0 Å². The number of nitrogens with zero attached hydrogens (tertiary/aromatic N) is 4. The van der Waals surface area contributed by atoms with Crippen LogP contribution in [-0.2, 0) is 7.05 Å². The number of halogens is 1. The van der Waals surface area contributed by atoms with Gasteiger partial charge in [-0.1, -0.05) is 12.8 Å². The fourth-order valence-electron chi connectivity index (χ4n) is 2.27. The van der Waals surface area contributed by atoms with Crippen LogP contribution in [0.5, 0.6) is 0 Å². The van der Waals surface area contributed by atoms with Crippen LogP contribution in [0.4, 0.5) is 0 Å². The molecule has 3 rings (SSSR count). The first-order valence-corrected chi connectivity index (χ1v) is 7.43. The lowest BCUT2D eigenvalue weighted by Crippen LogP contribution is -1.97. The van der Waals surface area contributed by atoms with E-state index < -0.39 is 0 Å². The summed E-state index contributed by atoms with van der Waals surface area (Å²) in [5.41, 5.74) is 0.896. The summed E-state index contributed by atoms with van der Waals surface area (Å²) < 4.78 is 2.64. The van der Waals surface area contributed by atoms with Gasteiger partial charge in [0.15, 0.2) is 5.65 Å². The summed E-state index contributed by atoms with van der Waals surface area (Å²) in [6.45, 7) is 0. The molecule has 0 aliphatic heterocycles. The highest BCUT2D eigenvalue weighted by Gasteiger charge is 2.20. The minimum Gasteiger partial charge on any atom is -0.249 e.